The third-order valence-electron chi connectivity index (χ3n) is 1.71. The number of primary amides is 1. The Morgan fingerprint density at radius 2 is 1.75 bits per heavy atom. The second kappa shape index (κ2) is 6.83. The summed E-state index contributed by atoms with van der Waals surface area (Å²) in [6, 6.07) is 0. The van der Waals surface area contributed by atoms with Crippen LogP contribution >= 0.6 is 0 Å². The number of unbranched alkanes of at least 4 members (excludes halogenated alkanes) is 2. The second-order valence-electron chi connectivity index (χ2n) is 2.96. The van der Waals surface area contributed by atoms with Crippen LogP contribution in [0.3, 0.4) is 0 Å². The van der Waals surface area contributed by atoms with Gasteiger partial charge in [-0.15, -0.1) is 0 Å². The molecule has 70 valence electrons. The highest BCUT2D eigenvalue weighted by molar-refractivity contribution is 5.84. The SMILES string of the molecule is CCCCCC(=O)CCC(N)=O. The molecule has 0 aromatic carbocycles. The Morgan fingerprint density at radius 3 is 2.25 bits per heavy atom. The van der Waals surface area contributed by atoms with Gasteiger partial charge in [-0.1, -0.05) is 19.8 Å². The average Bonchev–Trinajstić information content (AvgIpc) is 2.01. The molecule has 0 saturated heterocycles. The van der Waals surface area contributed by atoms with Crippen LogP contribution in [0.4, 0.5) is 0 Å². The fourth-order valence-electron chi connectivity index (χ4n) is 0.960. The number of rotatable bonds is 7. The lowest BCUT2D eigenvalue weighted by Gasteiger charge is -1.97. The topological polar surface area (TPSA) is 60.2 Å². The van der Waals surface area contributed by atoms with Crippen molar-refractivity contribution < 1.29 is 9.59 Å². The third-order valence-corrected chi connectivity index (χ3v) is 1.71. The van der Waals surface area contributed by atoms with Gasteiger partial charge in [0.2, 0.25) is 5.91 Å². The van der Waals surface area contributed by atoms with E-state index in [4.69, 9.17) is 5.73 Å². The van der Waals surface area contributed by atoms with E-state index in [0.717, 1.165) is 19.3 Å². The maximum absolute atomic E-state index is 11.0. The van der Waals surface area contributed by atoms with Crippen molar-refractivity contribution >= 4 is 11.7 Å². The Labute approximate surface area is 73.3 Å². The van der Waals surface area contributed by atoms with Crippen molar-refractivity contribution in [1.82, 2.24) is 0 Å². The van der Waals surface area contributed by atoms with Crippen LogP contribution in [0.5, 0.6) is 0 Å². The van der Waals surface area contributed by atoms with Crippen molar-refractivity contribution in [2.24, 2.45) is 5.73 Å². The van der Waals surface area contributed by atoms with Gasteiger partial charge in [0.15, 0.2) is 0 Å². The van der Waals surface area contributed by atoms with Crippen molar-refractivity contribution in [3.8, 4) is 0 Å². The molecule has 3 nitrogen and oxygen atoms in total. The van der Waals surface area contributed by atoms with Gasteiger partial charge in [0, 0.05) is 19.3 Å². The standard InChI is InChI=1S/C9H17NO2/c1-2-3-4-5-8(11)6-7-9(10)12/h2-7H2,1H3,(H2,10,12). The van der Waals surface area contributed by atoms with Crippen molar-refractivity contribution in [3.63, 3.8) is 0 Å². The molecule has 0 saturated carbocycles. The van der Waals surface area contributed by atoms with Crippen LogP contribution in [0.25, 0.3) is 0 Å². The summed E-state index contributed by atoms with van der Waals surface area (Å²) in [6.45, 7) is 2.09. The van der Waals surface area contributed by atoms with Gasteiger partial charge in [-0.05, 0) is 6.42 Å². The van der Waals surface area contributed by atoms with Crippen LogP contribution in [-0.4, -0.2) is 11.7 Å². The van der Waals surface area contributed by atoms with Crippen molar-refractivity contribution in [2.75, 3.05) is 0 Å². The summed E-state index contributed by atoms with van der Waals surface area (Å²) >= 11 is 0. The van der Waals surface area contributed by atoms with Gasteiger partial charge in [-0.25, -0.2) is 0 Å². The number of Topliss-reactive ketones (excluding diaryl/α,β-unsaturated/α-hetero) is 1. The second-order valence-corrected chi connectivity index (χ2v) is 2.96. The summed E-state index contributed by atoms with van der Waals surface area (Å²) in [4.78, 5) is 21.3. The average molecular weight is 171 g/mol. The molecule has 0 aliphatic carbocycles. The fourth-order valence-corrected chi connectivity index (χ4v) is 0.960. The normalized spacial score (nSPS) is 9.75. The molecule has 0 bridgehead atoms. The molecule has 0 aromatic heterocycles. The molecule has 0 spiro atoms. The van der Waals surface area contributed by atoms with Crippen LogP contribution in [0, 0.1) is 0 Å². The lowest BCUT2D eigenvalue weighted by atomic mass is 10.1. The Bertz CT molecular complexity index is 155. The first kappa shape index (κ1) is 11.1. The largest absolute Gasteiger partial charge is 0.370 e. The van der Waals surface area contributed by atoms with Gasteiger partial charge in [0.05, 0.1) is 0 Å². The zero-order chi connectivity index (χ0) is 9.40. The van der Waals surface area contributed by atoms with Gasteiger partial charge >= 0.3 is 0 Å². The molecular weight excluding hydrogens is 154 g/mol. The maximum Gasteiger partial charge on any atom is 0.217 e. The molecular formula is C9H17NO2. The summed E-state index contributed by atoms with van der Waals surface area (Å²) in [5.74, 6) is -0.235. The molecule has 0 radical (unpaired) electrons. The van der Waals surface area contributed by atoms with E-state index >= 15 is 0 Å². The fraction of sp³-hybridized carbons (Fsp3) is 0.778. The lowest BCUT2D eigenvalue weighted by molar-refractivity contribution is -0.123. The highest BCUT2D eigenvalue weighted by Gasteiger charge is 2.03. The van der Waals surface area contributed by atoms with Crippen LogP contribution in [0.15, 0.2) is 0 Å². The predicted octanol–water partition coefficient (Wildman–Crippen LogP) is 1.40. The van der Waals surface area contributed by atoms with E-state index in [9.17, 15) is 9.59 Å². The van der Waals surface area contributed by atoms with E-state index in [1.165, 1.54) is 0 Å². The highest BCUT2D eigenvalue weighted by Crippen LogP contribution is 2.02. The van der Waals surface area contributed by atoms with E-state index in [-0.39, 0.29) is 18.1 Å². The van der Waals surface area contributed by atoms with E-state index < -0.39 is 0 Å². The van der Waals surface area contributed by atoms with Crippen LogP contribution < -0.4 is 5.73 Å². The number of carbonyl (C=O) groups excluding carboxylic acids is 2. The molecule has 0 fully saturated rings. The van der Waals surface area contributed by atoms with Gasteiger partial charge in [-0.3, -0.25) is 9.59 Å². The van der Waals surface area contributed by atoms with Crippen molar-refractivity contribution in [3.05, 3.63) is 0 Å². The van der Waals surface area contributed by atoms with E-state index in [1.807, 2.05) is 0 Å². The van der Waals surface area contributed by atoms with Crippen LogP contribution in [-0.2, 0) is 9.59 Å². The predicted molar refractivity (Wildman–Crippen MR) is 47.6 cm³/mol. The number of carbonyl (C=O) groups is 2. The zero-order valence-corrected chi connectivity index (χ0v) is 7.64. The van der Waals surface area contributed by atoms with Crippen molar-refractivity contribution in [2.45, 2.75) is 45.4 Å². The summed E-state index contributed by atoms with van der Waals surface area (Å²) < 4.78 is 0. The molecule has 3 heteroatoms. The Balaban J connectivity index is 3.28. The smallest absolute Gasteiger partial charge is 0.217 e. The molecule has 12 heavy (non-hydrogen) atoms. The van der Waals surface area contributed by atoms with Gasteiger partial charge < -0.3 is 5.73 Å². The molecule has 0 rings (SSSR count). The minimum atomic E-state index is -0.390. The van der Waals surface area contributed by atoms with Gasteiger partial charge in [-0.2, -0.15) is 0 Å². The summed E-state index contributed by atoms with van der Waals surface area (Å²) in [5.41, 5.74) is 4.90. The first-order valence-electron chi connectivity index (χ1n) is 4.46. The first-order chi connectivity index (χ1) is 5.66. The maximum atomic E-state index is 11.0. The number of amides is 1. The number of hydrogen-bond donors (Lipinski definition) is 1. The Kier molecular flexibility index (Phi) is 6.34. The molecule has 0 atom stereocenters. The summed E-state index contributed by atoms with van der Waals surface area (Å²) in [6.07, 6.45) is 4.25. The van der Waals surface area contributed by atoms with Crippen molar-refractivity contribution in [1.29, 1.82) is 0 Å². The molecule has 0 aliphatic rings. The van der Waals surface area contributed by atoms with E-state index in [0.29, 0.717) is 12.8 Å². The Hall–Kier alpha value is -0.860. The summed E-state index contributed by atoms with van der Waals surface area (Å²) in [5, 5.41) is 0. The van der Waals surface area contributed by atoms with Crippen LogP contribution in [0.1, 0.15) is 45.4 Å². The highest BCUT2D eigenvalue weighted by atomic mass is 16.1. The van der Waals surface area contributed by atoms with Crippen LogP contribution in [0.2, 0.25) is 0 Å². The van der Waals surface area contributed by atoms with Gasteiger partial charge in [0.25, 0.3) is 0 Å². The number of ketones is 1. The molecule has 0 aromatic rings. The summed E-state index contributed by atoms with van der Waals surface area (Å²) in [7, 11) is 0. The minimum absolute atomic E-state index is 0.155. The minimum Gasteiger partial charge on any atom is -0.370 e. The van der Waals surface area contributed by atoms with E-state index in [1.54, 1.807) is 0 Å². The molecule has 0 aliphatic heterocycles. The van der Waals surface area contributed by atoms with E-state index in [2.05, 4.69) is 6.92 Å². The molecule has 1 amide bonds. The lowest BCUT2D eigenvalue weighted by Crippen LogP contribution is -2.12. The van der Waals surface area contributed by atoms with Gasteiger partial charge in [0.1, 0.15) is 5.78 Å². The zero-order valence-electron chi connectivity index (χ0n) is 7.64. The molecule has 0 heterocycles. The molecule has 2 N–H and O–H groups in total. The molecule has 0 unspecified atom stereocenters. The monoisotopic (exact) mass is 171 g/mol. The third kappa shape index (κ3) is 7.25. The quantitative estimate of drug-likeness (QED) is 0.588. The number of hydrogen-bond acceptors (Lipinski definition) is 2. The first-order valence-corrected chi connectivity index (χ1v) is 4.46. The Morgan fingerprint density at radius 1 is 1.08 bits per heavy atom. The number of nitrogens with two attached hydrogens (primary N) is 1.